The van der Waals surface area contributed by atoms with E-state index < -0.39 is 11.9 Å². The Labute approximate surface area is 125 Å². The summed E-state index contributed by atoms with van der Waals surface area (Å²) in [6.07, 6.45) is 0.636. The highest BCUT2D eigenvalue weighted by atomic mass is 16.4. The number of benzene rings is 1. The number of carboxylic acids is 1. The fraction of sp³-hybridized carbons (Fsp3) is 0.500. The standard InChI is InChI=1S/C16H22N2O3/c1-11-4-3-5-13(6-11)8-17-16(21)18-9-12(2)7-14(10-18)15(19)20/h3-6,12,14H,7-10H2,1-2H3,(H,17,21)(H,19,20). The van der Waals surface area contributed by atoms with Crippen LogP contribution in [0.1, 0.15) is 24.5 Å². The summed E-state index contributed by atoms with van der Waals surface area (Å²) >= 11 is 0. The van der Waals surface area contributed by atoms with Gasteiger partial charge in [-0.3, -0.25) is 4.79 Å². The predicted octanol–water partition coefficient (Wildman–Crippen LogP) is 2.25. The molecule has 21 heavy (non-hydrogen) atoms. The van der Waals surface area contributed by atoms with Gasteiger partial charge in [0.25, 0.3) is 0 Å². The van der Waals surface area contributed by atoms with Crippen LogP contribution in [0.5, 0.6) is 0 Å². The summed E-state index contributed by atoms with van der Waals surface area (Å²) in [6.45, 7) is 5.36. The first-order chi connectivity index (χ1) is 9.95. The van der Waals surface area contributed by atoms with Crippen LogP contribution in [0, 0.1) is 18.8 Å². The Morgan fingerprint density at radius 2 is 2.14 bits per heavy atom. The Kier molecular flexibility index (Phi) is 4.83. The molecule has 1 aromatic rings. The normalized spacial score (nSPS) is 21.9. The Morgan fingerprint density at radius 1 is 1.38 bits per heavy atom. The molecule has 0 aliphatic carbocycles. The fourth-order valence-electron chi connectivity index (χ4n) is 2.81. The number of hydrogen-bond acceptors (Lipinski definition) is 2. The molecule has 2 N–H and O–H groups in total. The monoisotopic (exact) mass is 290 g/mol. The van der Waals surface area contributed by atoms with Gasteiger partial charge in [-0.2, -0.15) is 0 Å². The van der Waals surface area contributed by atoms with Gasteiger partial charge in [-0.1, -0.05) is 36.8 Å². The van der Waals surface area contributed by atoms with Crippen molar-refractivity contribution in [1.82, 2.24) is 10.2 Å². The lowest BCUT2D eigenvalue weighted by molar-refractivity contribution is -0.143. The molecule has 1 fully saturated rings. The van der Waals surface area contributed by atoms with E-state index in [4.69, 9.17) is 5.11 Å². The first-order valence-electron chi connectivity index (χ1n) is 7.27. The number of carbonyl (C=O) groups excluding carboxylic acids is 1. The van der Waals surface area contributed by atoms with Gasteiger partial charge in [0.15, 0.2) is 0 Å². The smallest absolute Gasteiger partial charge is 0.317 e. The second kappa shape index (κ2) is 6.61. The SMILES string of the molecule is Cc1cccc(CNC(=O)N2CC(C)CC(C(=O)O)C2)c1. The van der Waals surface area contributed by atoms with Crippen molar-refractivity contribution in [2.45, 2.75) is 26.8 Å². The van der Waals surface area contributed by atoms with E-state index >= 15 is 0 Å². The maximum atomic E-state index is 12.2. The van der Waals surface area contributed by atoms with Gasteiger partial charge in [0, 0.05) is 19.6 Å². The largest absolute Gasteiger partial charge is 0.481 e. The highest BCUT2D eigenvalue weighted by Crippen LogP contribution is 2.21. The number of nitrogens with one attached hydrogen (secondary N) is 1. The Hall–Kier alpha value is -2.04. The number of hydrogen-bond donors (Lipinski definition) is 2. The molecule has 114 valence electrons. The molecule has 5 heteroatoms. The second-order valence-corrected chi connectivity index (χ2v) is 5.93. The molecule has 2 rings (SSSR count). The molecule has 2 atom stereocenters. The third-order valence-corrected chi connectivity index (χ3v) is 3.82. The highest BCUT2D eigenvalue weighted by Gasteiger charge is 2.31. The van der Waals surface area contributed by atoms with E-state index in [1.165, 1.54) is 0 Å². The van der Waals surface area contributed by atoms with Crippen LogP contribution in [-0.4, -0.2) is 35.1 Å². The third kappa shape index (κ3) is 4.21. The van der Waals surface area contributed by atoms with Crippen molar-refractivity contribution in [3.63, 3.8) is 0 Å². The molecule has 5 nitrogen and oxygen atoms in total. The highest BCUT2D eigenvalue weighted by molar-refractivity contribution is 5.76. The molecule has 1 aliphatic heterocycles. The summed E-state index contributed by atoms with van der Waals surface area (Å²) in [5.74, 6) is -1.07. The van der Waals surface area contributed by atoms with E-state index in [0.717, 1.165) is 11.1 Å². The van der Waals surface area contributed by atoms with Crippen LogP contribution in [0.2, 0.25) is 0 Å². The predicted molar refractivity (Wildman–Crippen MR) is 79.9 cm³/mol. The van der Waals surface area contributed by atoms with Crippen molar-refractivity contribution in [2.75, 3.05) is 13.1 Å². The Bertz CT molecular complexity index is 530. The summed E-state index contributed by atoms with van der Waals surface area (Å²) in [5, 5.41) is 12.0. The molecule has 2 amide bonds. The summed E-state index contributed by atoms with van der Waals surface area (Å²) in [6, 6.07) is 7.77. The maximum absolute atomic E-state index is 12.2. The zero-order valence-electron chi connectivity index (χ0n) is 12.5. The number of nitrogens with zero attached hydrogens (tertiary/aromatic N) is 1. The van der Waals surface area contributed by atoms with E-state index in [9.17, 15) is 9.59 Å². The number of carboxylic acid groups (broad SMARTS) is 1. The molecule has 1 saturated heterocycles. The number of aryl methyl sites for hydroxylation is 1. The lowest BCUT2D eigenvalue weighted by atomic mass is 9.91. The van der Waals surface area contributed by atoms with Crippen LogP contribution in [-0.2, 0) is 11.3 Å². The summed E-state index contributed by atoms with van der Waals surface area (Å²) in [4.78, 5) is 24.9. The molecule has 1 aromatic carbocycles. The van der Waals surface area contributed by atoms with Crippen LogP contribution in [0.25, 0.3) is 0 Å². The van der Waals surface area contributed by atoms with Crippen molar-refractivity contribution in [3.8, 4) is 0 Å². The van der Waals surface area contributed by atoms with Crippen molar-refractivity contribution in [1.29, 1.82) is 0 Å². The lowest BCUT2D eigenvalue weighted by Gasteiger charge is -2.34. The molecule has 0 aromatic heterocycles. The minimum absolute atomic E-state index is 0.186. The zero-order chi connectivity index (χ0) is 15.4. The van der Waals surface area contributed by atoms with Crippen LogP contribution in [0.3, 0.4) is 0 Å². The van der Waals surface area contributed by atoms with Gasteiger partial charge in [-0.05, 0) is 24.8 Å². The molecule has 0 radical (unpaired) electrons. The van der Waals surface area contributed by atoms with E-state index in [1.807, 2.05) is 38.1 Å². The van der Waals surface area contributed by atoms with Gasteiger partial charge in [-0.15, -0.1) is 0 Å². The zero-order valence-corrected chi connectivity index (χ0v) is 12.5. The average Bonchev–Trinajstić information content (AvgIpc) is 2.44. The van der Waals surface area contributed by atoms with Crippen molar-refractivity contribution in [2.24, 2.45) is 11.8 Å². The van der Waals surface area contributed by atoms with Gasteiger partial charge < -0.3 is 15.3 Å². The number of urea groups is 1. The van der Waals surface area contributed by atoms with E-state index in [1.54, 1.807) is 4.90 Å². The van der Waals surface area contributed by atoms with Crippen molar-refractivity contribution in [3.05, 3.63) is 35.4 Å². The van der Waals surface area contributed by atoms with Gasteiger partial charge in [-0.25, -0.2) is 4.79 Å². The van der Waals surface area contributed by atoms with Crippen molar-refractivity contribution >= 4 is 12.0 Å². The van der Waals surface area contributed by atoms with E-state index in [2.05, 4.69) is 5.32 Å². The van der Waals surface area contributed by atoms with Crippen LogP contribution in [0.4, 0.5) is 4.79 Å². The summed E-state index contributed by atoms with van der Waals surface area (Å²) in [7, 11) is 0. The third-order valence-electron chi connectivity index (χ3n) is 3.82. The van der Waals surface area contributed by atoms with Crippen molar-refractivity contribution < 1.29 is 14.7 Å². The topological polar surface area (TPSA) is 69.6 Å². The Morgan fingerprint density at radius 3 is 2.81 bits per heavy atom. The number of piperidine rings is 1. The second-order valence-electron chi connectivity index (χ2n) is 5.93. The minimum Gasteiger partial charge on any atom is -0.481 e. The number of rotatable bonds is 3. The number of amides is 2. The molecule has 0 saturated carbocycles. The van der Waals surface area contributed by atoms with Crippen LogP contribution in [0.15, 0.2) is 24.3 Å². The first-order valence-corrected chi connectivity index (χ1v) is 7.27. The molecule has 1 aliphatic rings. The maximum Gasteiger partial charge on any atom is 0.317 e. The molecule has 1 heterocycles. The number of likely N-dealkylation sites (tertiary alicyclic amines) is 1. The molecule has 2 unspecified atom stereocenters. The number of aliphatic carboxylic acids is 1. The van der Waals surface area contributed by atoms with Gasteiger partial charge in [0.2, 0.25) is 0 Å². The summed E-state index contributed by atoms with van der Waals surface area (Å²) in [5.41, 5.74) is 2.20. The van der Waals surface area contributed by atoms with Gasteiger partial charge in [0.05, 0.1) is 5.92 Å². The molecular weight excluding hydrogens is 268 g/mol. The molecule has 0 bridgehead atoms. The molecular formula is C16H22N2O3. The van der Waals surface area contributed by atoms with Crippen LogP contribution < -0.4 is 5.32 Å². The average molecular weight is 290 g/mol. The lowest BCUT2D eigenvalue weighted by Crippen LogP contribution is -2.49. The molecule has 0 spiro atoms. The fourth-order valence-corrected chi connectivity index (χ4v) is 2.81. The minimum atomic E-state index is -0.821. The van der Waals surface area contributed by atoms with Crippen LogP contribution >= 0.6 is 0 Å². The van der Waals surface area contributed by atoms with E-state index in [0.29, 0.717) is 26.1 Å². The first kappa shape index (κ1) is 15.4. The number of carbonyl (C=O) groups is 2. The van der Waals surface area contributed by atoms with E-state index in [-0.39, 0.29) is 11.9 Å². The van der Waals surface area contributed by atoms with Gasteiger partial charge in [0.1, 0.15) is 0 Å². The van der Waals surface area contributed by atoms with Gasteiger partial charge >= 0.3 is 12.0 Å². The summed E-state index contributed by atoms with van der Waals surface area (Å²) < 4.78 is 0. The quantitative estimate of drug-likeness (QED) is 0.897. The Balaban J connectivity index is 1.92.